The van der Waals surface area contributed by atoms with E-state index in [-0.39, 0.29) is 21.5 Å². The molecule has 1 aromatic carbocycles. The summed E-state index contributed by atoms with van der Waals surface area (Å²) in [6.07, 6.45) is 2.83. The van der Waals surface area contributed by atoms with Crippen LogP contribution in [0.15, 0.2) is 33.6 Å². The molecule has 0 saturated carbocycles. The third-order valence-corrected chi connectivity index (χ3v) is 7.36. The highest BCUT2D eigenvalue weighted by atomic mass is 32.2. The van der Waals surface area contributed by atoms with E-state index >= 15 is 0 Å². The molecule has 0 aliphatic carbocycles. The summed E-state index contributed by atoms with van der Waals surface area (Å²) in [4.78, 5) is 2.49. The molecule has 2 aromatic rings. The molecule has 1 unspecified atom stereocenters. The molecule has 0 radical (unpaired) electrons. The summed E-state index contributed by atoms with van der Waals surface area (Å²) in [7, 11) is -3.54. The summed E-state index contributed by atoms with van der Waals surface area (Å²) >= 11 is 5.31. The first kappa shape index (κ1) is 22.6. The highest BCUT2D eigenvalue weighted by Crippen LogP contribution is 2.25. The van der Waals surface area contributed by atoms with E-state index < -0.39 is 10.0 Å². The van der Waals surface area contributed by atoms with Gasteiger partial charge in [-0.1, -0.05) is 19.4 Å². The lowest BCUT2D eigenvalue weighted by Crippen LogP contribution is -2.35. The van der Waals surface area contributed by atoms with Crippen LogP contribution in [0, 0.1) is 22.1 Å². The fraction of sp³-hybridized carbons (Fsp3) is 0.550. The van der Waals surface area contributed by atoms with Gasteiger partial charge in [-0.25, -0.2) is 13.1 Å². The molecule has 1 saturated heterocycles. The van der Waals surface area contributed by atoms with E-state index in [1.807, 2.05) is 18.7 Å². The van der Waals surface area contributed by atoms with Crippen molar-refractivity contribution >= 4 is 22.2 Å². The Balaban J connectivity index is 1.84. The molecule has 0 N–H and O–H groups in total. The van der Waals surface area contributed by atoms with Gasteiger partial charge in [0.1, 0.15) is 0 Å². The first-order valence-corrected chi connectivity index (χ1v) is 12.0. The molecule has 1 aliphatic heterocycles. The van der Waals surface area contributed by atoms with Crippen molar-refractivity contribution in [3.05, 3.63) is 29.1 Å². The molecule has 3 rings (SSSR count). The van der Waals surface area contributed by atoms with Crippen molar-refractivity contribution in [1.29, 1.82) is 5.26 Å². The minimum Gasteiger partial charge on any atom is -0.409 e. The molecule has 30 heavy (non-hydrogen) atoms. The lowest BCUT2D eigenvalue weighted by atomic mass is 10.2. The van der Waals surface area contributed by atoms with Gasteiger partial charge in [-0.05, 0) is 56.7 Å². The Bertz CT molecular complexity index is 1060. The average molecular weight is 450 g/mol. The number of nitriles is 1. The van der Waals surface area contributed by atoms with Crippen molar-refractivity contribution < 1.29 is 12.8 Å². The summed E-state index contributed by atoms with van der Waals surface area (Å²) in [5.74, 6) is 0.169. The van der Waals surface area contributed by atoms with Gasteiger partial charge < -0.3 is 4.42 Å². The van der Waals surface area contributed by atoms with Crippen LogP contribution in [0.25, 0.3) is 11.5 Å². The number of sulfonamides is 1. The van der Waals surface area contributed by atoms with Crippen molar-refractivity contribution in [3.8, 4) is 17.5 Å². The van der Waals surface area contributed by atoms with Gasteiger partial charge in [0.2, 0.25) is 15.9 Å². The number of hydrogen-bond donors (Lipinski definition) is 0. The summed E-state index contributed by atoms with van der Waals surface area (Å²) in [5, 5.41) is 13.5. The third kappa shape index (κ3) is 5.16. The van der Waals surface area contributed by atoms with Crippen molar-refractivity contribution in [2.24, 2.45) is 5.92 Å². The van der Waals surface area contributed by atoms with E-state index in [0.29, 0.717) is 31.9 Å². The molecule has 0 amide bonds. The monoisotopic (exact) mass is 449 g/mol. The maximum absolute atomic E-state index is 13.0. The molecule has 2 heterocycles. The van der Waals surface area contributed by atoms with Gasteiger partial charge in [0.25, 0.3) is 4.84 Å². The van der Waals surface area contributed by atoms with Crippen molar-refractivity contribution in [2.45, 2.75) is 44.7 Å². The van der Waals surface area contributed by atoms with Crippen molar-refractivity contribution in [3.63, 3.8) is 0 Å². The first-order chi connectivity index (χ1) is 14.3. The number of hydrogen-bond acceptors (Lipinski definition) is 7. The predicted octanol–water partition coefficient (Wildman–Crippen LogP) is 3.49. The Morgan fingerprint density at radius 1 is 1.33 bits per heavy atom. The standard InChI is InChI=1S/C20H27N5O3S2/c1-3-23(14-16(2)13-21)15-25-20(29)28-19(22-25)17-8-7-9-18(12-17)30(26,27)24-10-5-4-6-11-24/h7-9,12,16H,3-6,10-11,14-15H2,1-2H3. The molecule has 8 nitrogen and oxygen atoms in total. The molecule has 10 heteroatoms. The lowest BCUT2D eigenvalue weighted by Gasteiger charge is -2.25. The first-order valence-electron chi connectivity index (χ1n) is 10.2. The minimum absolute atomic E-state index is 0.109. The molecule has 0 bridgehead atoms. The smallest absolute Gasteiger partial charge is 0.288 e. The highest BCUT2D eigenvalue weighted by Gasteiger charge is 2.26. The molecule has 1 aliphatic rings. The molecular formula is C20H27N5O3S2. The minimum atomic E-state index is -3.54. The third-order valence-electron chi connectivity index (χ3n) is 5.17. The Morgan fingerprint density at radius 3 is 2.73 bits per heavy atom. The molecule has 0 spiro atoms. The van der Waals surface area contributed by atoms with Crippen LogP contribution in [-0.4, -0.2) is 53.6 Å². The van der Waals surface area contributed by atoms with E-state index in [0.717, 1.165) is 25.8 Å². The molecule has 162 valence electrons. The van der Waals surface area contributed by atoms with Gasteiger partial charge >= 0.3 is 0 Å². The van der Waals surface area contributed by atoms with E-state index in [2.05, 4.69) is 11.2 Å². The normalized spacial score (nSPS) is 16.5. The second-order valence-electron chi connectivity index (χ2n) is 7.51. The maximum Gasteiger partial charge on any atom is 0.288 e. The zero-order valence-electron chi connectivity index (χ0n) is 17.3. The Kier molecular flexibility index (Phi) is 7.41. The summed E-state index contributed by atoms with van der Waals surface area (Å²) in [5.41, 5.74) is 0.561. The quantitative estimate of drug-likeness (QED) is 0.569. The lowest BCUT2D eigenvalue weighted by molar-refractivity contribution is 0.199. The van der Waals surface area contributed by atoms with Crippen LogP contribution in [0.5, 0.6) is 0 Å². The number of aromatic nitrogens is 2. The molecule has 1 atom stereocenters. The van der Waals surface area contributed by atoms with Gasteiger partial charge in [0, 0.05) is 25.2 Å². The van der Waals surface area contributed by atoms with E-state index in [4.69, 9.17) is 21.9 Å². The van der Waals surface area contributed by atoms with Gasteiger partial charge in [0.05, 0.1) is 23.6 Å². The van der Waals surface area contributed by atoms with Crippen LogP contribution in [-0.2, 0) is 16.7 Å². The summed E-state index contributed by atoms with van der Waals surface area (Å²) in [6.45, 7) is 6.70. The number of benzene rings is 1. The van der Waals surface area contributed by atoms with Gasteiger partial charge in [-0.15, -0.1) is 5.10 Å². The topological polar surface area (TPSA) is 95.4 Å². The van der Waals surface area contributed by atoms with Crippen LogP contribution in [0.4, 0.5) is 0 Å². The van der Waals surface area contributed by atoms with Crippen LogP contribution < -0.4 is 0 Å². The Hall–Kier alpha value is -2.06. The zero-order chi connectivity index (χ0) is 21.7. The van der Waals surface area contributed by atoms with Gasteiger partial charge in [-0.2, -0.15) is 9.57 Å². The second-order valence-corrected chi connectivity index (χ2v) is 9.79. The van der Waals surface area contributed by atoms with Gasteiger partial charge in [-0.3, -0.25) is 4.90 Å². The maximum atomic E-state index is 13.0. The van der Waals surface area contributed by atoms with Gasteiger partial charge in [0.15, 0.2) is 0 Å². The SMILES string of the molecule is CCN(CC(C)C#N)Cn1nc(-c2cccc(S(=O)(=O)N3CCCCC3)c2)oc1=S. The van der Waals surface area contributed by atoms with Crippen molar-refractivity contribution in [2.75, 3.05) is 26.2 Å². The fourth-order valence-electron chi connectivity index (χ4n) is 3.46. The van der Waals surface area contributed by atoms with Crippen molar-refractivity contribution in [1.82, 2.24) is 19.0 Å². The van der Waals surface area contributed by atoms with E-state index in [1.165, 1.54) is 0 Å². The van der Waals surface area contributed by atoms with Crippen LogP contribution in [0.1, 0.15) is 33.1 Å². The Labute approximate surface area is 182 Å². The van der Waals surface area contributed by atoms with Crippen LogP contribution in [0.2, 0.25) is 0 Å². The predicted molar refractivity (Wildman–Crippen MR) is 115 cm³/mol. The molecular weight excluding hydrogens is 422 g/mol. The Morgan fingerprint density at radius 2 is 2.07 bits per heavy atom. The summed E-state index contributed by atoms with van der Waals surface area (Å²) in [6, 6.07) is 8.86. The van der Waals surface area contributed by atoms with Crippen LogP contribution >= 0.6 is 12.2 Å². The second kappa shape index (κ2) is 9.83. The number of piperidine rings is 1. The number of rotatable bonds is 8. The average Bonchev–Trinajstić information content (AvgIpc) is 3.14. The molecule has 1 aromatic heterocycles. The largest absolute Gasteiger partial charge is 0.409 e. The zero-order valence-corrected chi connectivity index (χ0v) is 19.0. The molecule has 1 fully saturated rings. The fourth-order valence-corrected chi connectivity index (χ4v) is 5.20. The van der Waals surface area contributed by atoms with Crippen LogP contribution in [0.3, 0.4) is 0 Å². The highest BCUT2D eigenvalue weighted by molar-refractivity contribution is 7.89. The summed E-state index contributed by atoms with van der Waals surface area (Å²) < 4.78 is 34.7. The van der Waals surface area contributed by atoms with E-state index in [9.17, 15) is 8.42 Å². The van der Waals surface area contributed by atoms with E-state index in [1.54, 1.807) is 33.3 Å². The number of nitrogens with zero attached hydrogens (tertiary/aromatic N) is 5.